The molecule has 1 amide bonds. The van der Waals surface area contributed by atoms with Gasteiger partial charge in [-0.15, -0.1) is 0 Å². The number of rotatable bonds is 3. The molecule has 0 aliphatic rings. The maximum atomic E-state index is 10.0. The Kier molecular flexibility index (Phi) is 3.68. The highest BCUT2D eigenvalue weighted by atomic mass is 33.1. The highest BCUT2D eigenvalue weighted by Gasteiger charge is 1.98. The molecule has 5 nitrogen and oxygen atoms in total. The smallest absolute Gasteiger partial charge is 0.415 e. The van der Waals surface area contributed by atoms with Gasteiger partial charge in [0.25, 0.3) is 0 Å². The predicted molar refractivity (Wildman–Crippen MR) is 46.6 cm³/mol. The van der Waals surface area contributed by atoms with Crippen molar-refractivity contribution in [1.29, 1.82) is 0 Å². The van der Waals surface area contributed by atoms with Crippen molar-refractivity contribution in [1.82, 2.24) is 14.7 Å². The van der Waals surface area contributed by atoms with Crippen LogP contribution in [0.4, 0.5) is 4.79 Å². The van der Waals surface area contributed by atoms with E-state index in [1.807, 2.05) is 0 Å². The number of carbonyl (C=O) groups is 1. The van der Waals surface area contributed by atoms with Crippen LogP contribution in [0.3, 0.4) is 0 Å². The fraction of sp³-hybridized carbons (Fsp3) is 0. The van der Waals surface area contributed by atoms with Gasteiger partial charge < -0.3 is 5.11 Å². The molecule has 2 N–H and O–H groups in total. The average molecular weight is 203 g/mol. The largest absolute Gasteiger partial charge is 0.464 e. The average Bonchev–Trinajstić information content (AvgIpc) is 2.05. The first kappa shape index (κ1) is 9.14. The summed E-state index contributed by atoms with van der Waals surface area (Å²) in [6.07, 6.45) is 2.11. The molecule has 0 aliphatic carbocycles. The Morgan fingerprint density at radius 3 is 2.75 bits per heavy atom. The normalized spacial score (nSPS) is 9.33. The van der Waals surface area contributed by atoms with E-state index in [4.69, 9.17) is 5.11 Å². The lowest BCUT2D eigenvalue weighted by molar-refractivity contribution is 0.202. The first-order chi connectivity index (χ1) is 5.79. The van der Waals surface area contributed by atoms with Gasteiger partial charge >= 0.3 is 6.09 Å². The second-order valence-corrected chi connectivity index (χ2v) is 3.51. The van der Waals surface area contributed by atoms with E-state index in [1.165, 1.54) is 0 Å². The van der Waals surface area contributed by atoms with Crippen LogP contribution in [0.25, 0.3) is 0 Å². The second-order valence-electron chi connectivity index (χ2n) is 1.61. The van der Waals surface area contributed by atoms with E-state index < -0.39 is 6.09 Å². The minimum absolute atomic E-state index is 0.524. The Balaban J connectivity index is 2.29. The number of aromatic nitrogens is 2. The quantitative estimate of drug-likeness (QED) is 0.439. The number of amides is 1. The van der Waals surface area contributed by atoms with Crippen molar-refractivity contribution in [3.63, 3.8) is 0 Å². The van der Waals surface area contributed by atoms with Gasteiger partial charge in [0.1, 0.15) is 0 Å². The summed E-state index contributed by atoms with van der Waals surface area (Å²) in [4.78, 5) is 17.8. The van der Waals surface area contributed by atoms with E-state index in [0.717, 1.165) is 21.8 Å². The molecule has 1 aromatic rings. The maximum Gasteiger partial charge on any atom is 0.415 e. The van der Waals surface area contributed by atoms with Crippen molar-refractivity contribution in [2.24, 2.45) is 0 Å². The third kappa shape index (κ3) is 3.44. The molecule has 12 heavy (non-hydrogen) atoms. The van der Waals surface area contributed by atoms with E-state index in [1.54, 1.807) is 18.5 Å². The third-order valence-electron chi connectivity index (χ3n) is 0.787. The fourth-order valence-corrected chi connectivity index (χ4v) is 1.64. The zero-order valence-electron chi connectivity index (χ0n) is 5.80. The molecule has 1 rings (SSSR count). The number of hydrogen-bond donors (Lipinski definition) is 2. The Labute approximate surface area is 76.5 Å². The zero-order valence-corrected chi connectivity index (χ0v) is 7.43. The van der Waals surface area contributed by atoms with Gasteiger partial charge in [0, 0.05) is 34.2 Å². The molecule has 7 heteroatoms. The topological polar surface area (TPSA) is 75.1 Å². The summed E-state index contributed by atoms with van der Waals surface area (Å²) < 4.78 is 2.11. The van der Waals surface area contributed by atoms with Gasteiger partial charge in [-0.05, 0) is 6.07 Å². The Morgan fingerprint density at radius 2 is 2.17 bits per heavy atom. The molecular weight excluding hydrogens is 198 g/mol. The molecule has 0 atom stereocenters. The third-order valence-corrected chi connectivity index (χ3v) is 2.44. The van der Waals surface area contributed by atoms with Gasteiger partial charge in [0.05, 0.1) is 0 Å². The van der Waals surface area contributed by atoms with E-state index in [-0.39, 0.29) is 0 Å². The minimum Gasteiger partial charge on any atom is -0.464 e. The SMILES string of the molecule is O=C(O)NSSc1ncccn1. The standard InChI is InChI=1S/C5H5N3O2S2/c9-5(10)8-12-11-4-6-2-1-3-7-4/h1-3,8H,(H,9,10). The van der Waals surface area contributed by atoms with Crippen LogP contribution in [0.1, 0.15) is 0 Å². The van der Waals surface area contributed by atoms with Crippen LogP contribution < -0.4 is 4.72 Å². The van der Waals surface area contributed by atoms with Crippen LogP contribution in [0.15, 0.2) is 23.6 Å². The molecule has 0 radical (unpaired) electrons. The van der Waals surface area contributed by atoms with E-state index in [9.17, 15) is 4.79 Å². The first-order valence-corrected chi connectivity index (χ1v) is 5.03. The van der Waals surface area contributed by atoms with Crippen LogP contribution in [-0.2, 0) is 0 Å². The highest BCUT2D eigenvalue weighted by Crippen LogP contribution is 2.23. The van der Waals surface area contributed by atoms with Crippen molar-refractivity contribution < 1.29 is 9.90 Å². The first-order valence-electron chi connectivity index (χ1n) is 2.88. The zero-order chi connectivity index (χ0) is 8.81. The summed E-state index contributed by atoms with van der Waals surface area (Å²) in [6, 6.07) is 1.69. The van der Waals surface area contributed by atoms with Crippen LogP contribution in [-0.4, -0.2) is 21.2 Å². The molecule has 0 saturated carbocycles. The van der Waals surface area contributed by atoms with Gasteiger partial charge in [-0.3, -0.25) is 4.72 Å². The molecule has 0 spiro atoms. The van der Waals surface area contributed by atoms with Crippen LogP contribution in [0.2, 0.25) is 0 Å². The minimum atomic E-state index is -1.08. The molecule has 0 bridgehead atoms. The van der Waals surface area contributed by atoms with Crippen molar-refractivity contribution in [2.45, 2.75) is 5.16 Å². The summed E-state index contributed by atoms with van der Waals surface area (Å²) in [6.45, 7) is 0. The summed E-state index contributed by atoms with van der Waals surface area (Å²) in [5.74, 6) is 0. The number of carboxylic acid groups (broad SMARTS) is 1. The lowest BCUT2D eigenvalue weighted by Gasteiger charge is -1.96. The molecule has 0 aliphatic heterocycles. The van der Waals surface area contributed by atoms with Crippen molar-refractivity contribution in [2.75, 3.05) is 0 Å². The summed E-state index contributed by atoms with van der Waals surface area (Å²) in [5, 5.41) is 8.73. The van der Waals surface area contributed by atoms with Crippen molar-refractivity contribution in [3.05, 3.63) is 18.5 Å². The van der Waals surface area contributed by atoms with Crippen LogP contribution in [0, 0.1) is 0 Å². The lowest BCUT2D eigenvalue weighted by atomic mass is 10.7. The van der Waals surface area contributed by atoms with E-state index in [2.05, 4.69) is 14.7 Å². The summed E-state index contributed by atoms with van der Waals surface area (Å²) in [5.41, 5.74) is 0. The lowest BCUT2D eigenvalue weighted by Crippen LogP contribution is -2.09. The number of hydrogen-bond acceptors (Lipinski definition) is 5. The Hall–Kier alpha value is -0.950. The molecule has 0 aromatic carbocycles. The Morgan fingerprint density at radius 1 is 1.50 bits per heavy atom. The summed E-state index contributed by atoms with van der Waals surface area (Å²) in [7, 11) is 2.11. The maximum absolute atomic E-state index is 10.0. The van der Waals surface area contributed by atoms with Gasteiger partial charge in [-0.2, -0.15) is 0 Å². The van der Waals surface area contributed by atoms with Crippen LogP contribution in [0.5, 0.6) is 0 Å². The van der Waals surface area contributed by atoms with Crippen molar-refractivity contribution >= 4 is 27.9 Å². The van der Waals surface area contributed by atoms with Crippen LogP contribution >= 0.6 is 21.8 Å². The molecule has 0 unspecified atom stereocenters. The van der Waals surface area contributed by atoms with Gasteiger partial charge in [0.2, 0.25) is 0 Å². The van der Waals surface area contributed by atoms with Gasteiger partial charge in [0.15, 0.2) is 5.16 Å². The monoisotopic (exact) mass is 203 g/mol. The van der Waals surface area contributed by atoms with Gasteiger partial charge in [-0.1, -0.05) is 0 Å². The van der Waals surface area contributed by atoms with E-state index in [0.29, 0.717) is 5.16 Å². The predicted octanol–water partition coefficient (Wildman–Crippen LogP) is 1.40. The molecule has 64 valence electrons. The number of nitrogens with zero attached hydrogens (tertiary/aromatic N) is 2. The molecule has 1 heterocycles. The number of nitrogens with one attached hydrogen (secondary N) is 1. The summed E-state index contributed by atoms with van der Waals surface area (Å²) >= 11 is 0. The molecule has 1 aromatic heterocycles. The Bertz CT molecular complexity index is 256. The highest BCUT2D eigenvalue weighted by molar-refractivity contribution is 8.76. The van der Waals surface area contributed by atoms with E-state index >= 15 is 0 Å². The van der Waals surface area contributed by atoms with Crippen molar-refractivity contribution in [3.8, 4) is 0 Å². The molecule has 0 fully saturated rings. The van der Waals surface area contributed by atoms with Gasteiger partial charge in [-0.25, -0.2) is 14.8 Å². The fourth-order valence-electron chi connectivity index (χ4n) is 0.422. The second kappa shape index (κ2) is 4.83. The molecule has 0 saturated heterocycles. The molecular formula is C5H5N3O2S2.